The number of aryl methyl sites for hydroxylation is 2. The summed E-state index contributed by atoms with van der Waals surface area (Å²) in [6.07, 6.45) is 0. The topological polar surface area (TPSA) is 67.4 Å². The van der Waals surface area contributed by atoms with Crippen molar-refractivity contribution in [2.24, 2.45) is 0 Å². The van der Waals surface area contributed by atoms with Crippen LogP contribution in [0.5, 0.6) is 5.75 Å². The van der Waals surface area contributed by atoms with E-state index in [1.807, 2.05) is 50.2 Å². The standard InChI is InChI=1S/C23H22N2O3/c1-16-12-17(2)14-19(13-16)24-22(26)15-28-21-11-7-6-10-20(21)23(27)25-18-8-4-3-5-9-18/h3-14H,15H2,1-2H3,(H,24,26)(H,25,27). The molecule has 0 aliphatic heterocycles. The highest BCUT2D eigenvalue weighted by molar-refractivity contribution is 6.06. The van der Waals surface area contributed by atoms with Gasteiger partial charge in [-0.2, -0.15) is 0 Å². The molecule has 0 aliphatic rings. The van der Waals surface area contributed by atoms with Crippen molar-refractivity contribution < 1.29 is 14.3 Å². The molecular weight excluding hydrogens is 352 g/mol. The molecule has 5 nitrogen and oxygen atoms in total. The summed E-state index contributed by atoms with van der Waals surface area (Å²) in [5.41, 5.74) is 3.92. The summed E-state index contributed by atoms with van der Waals surface area (Å²) in [5.74, 6) is -0.230. The average Bonchev–Trinajstić information content (AvgIpc) is 2.66. The molecular formula is C23H22N2O3. The van der Waals surface area contributed by atoms with E-state index in [2.05, 4.69) is 10.6 Å². The minimum Gasteiger partial charge on any atom is -0.483 e. The van der Waals surface area contributed by atoms with Crippen molar-refractivity contribution in [1.82, 2.24) is 0 Å². The Morgan fingerprint density at radius 3 is 2.14 bits per heavy atom. The van der Waals surface area contributed by atoms with Gasteiger partial charge in [-0.15, -0.1) is 0 Å². The van der Waals surface area contributed by atoms with Gasteiger partial charge in [-0.25, -0.2) is 0 Å². The summed E-state index contributed by atoms with van der Waals surface area (Å²) in [4.78, 5) is 24.8. The van der Waals surface area contributed by atoms with Crippen molar-refractivity contribution in [2.45, 2.75) is 13.8 Å². The van der Waals surface area contributed by atoms with Gasteiger partial charge in [0.05, 0.1) is 5.56 Å². The molecule has 0 radical (unpaired) electrons. The number of hydrogen-bond donors (Lipinski definition) is 2. The van der Waals surface area contributed by atoms with E-state index in [0.717, 1.165) is 16.8 Å². The van der Waals surface area contributed by atoms with Crippen LogP contribution in [0, 0.1) is 13.8 Å². The summed E-state index contributed by atoms with van der Waals surface area (Å²) in [5, 5.41) is 5.64. The Morgan fingerprint density at radius 2 is 1.43 bits per heavy atom. The third kappa shape index (κ3) is 5.20. The molecule has 0 atom stereocenters. The third-order valence-corrected chi connectivity index (χ3v) is 4.03. The molecule has 0 fully saturated rings. The van der Waals surface area contributed by atoms with Gasteiger partial charge >= 0.3 is 0 Å². The second-order valence-corrected chi connectivity index (χ2v) is 6.53. The van der Waals surface area contributed by atoms with Crippen molar-refractivity contribution in [3.63, 3.8) is 0 Å². The third-order valence-electron chi connectivity index (χ3n) is 4.03. The van der Waals surface area contributed by atoms with Gasteiger partial charge in [-0.05, 0) is 61.4 Å². The number of ether oxygens (including phenoxy) is 1. The van der Waals surface area contributed by atoms with Gasteiger partial charge < -0.3 is 15.4 Å². The van der Waals surface area contributed by atoms with Crippen LogP contribution in [0.2, 0.25) is 0 Å². The fourth-order valence-electron chi connectivity index (χ4n) is 2.89. The molecule has 142 valence electrons. The molecule has 28 heavy (non-hydrogen) atoms. The lowest BCUT2D eigenvalue weighted by molar-refractivity contribution is -0.118. The Labute approximate surface area is 164 Å². The molecule has 0 spiro atoms. The van der Waals surface area contributed by atoms with E-state index < -0.39 is 0 Å². The van der Waals surface area contributed by atoms with E-state index in [9.17, 15) is 9.59 Å². The Morgan fingerprint density at radius 1 is 0.786 bits per heavy atom. The largest absolute Gasteiger partial charge is 0.483 e. The summed E-state index contributed by atoms with van der Waals surface area (Å²) >= 11 is 0. The maximum absolute atomic E-state index is 12.6. The highest BCUT2D eigenvalue weighted by atomic mass is 16.5. The summed E-state index contributed by atoms with van der Waals surface area (Å²) in [7, 11) is 0. The van der Waals surface area contributed by atoms with Gasteiger partial charge in [0, 0.05) is 11.4 Å². The van der Waals surface area contributed by atoms with Gasteiger partial charge in [0.1, 0.15) is 5.75 Å². The molecule has 2 N–H and O–H groups in total. The van der Waals surface area contributed by atoms with Crippen molar-refractivity contribution in [3.05, 3.63) is 89.5 Å². The molecule has 5 heteroatoms. The number of amides is 2. The fourth-order valence-corrected chi connectivity index (χ4v) is 2.89. The molecule has 0 heterocycles. The maximum atomic E-state index is 12.6. The smallest absolute Gasteiger partial charge is 0.262 e. The van der Waals surface area contributed by atoms with E-state index in [4.69, 9.17) is 4.74 Å². The summed E-state index contributed by atoms with van der Waals surface area (Å²) in [6, 6.07) is 21.8. The number of hydrogen-bond acceptors (Lipinski definition) is 3. The zero-order valence-corrected chi connectivity index (χ0v) is 15.9. The first-order valence-corrected chi connectivity index (χ1v) is 8.97. The predicted octanol–water partition coefficient (Wildman–Crippen LogP) is 4.57. The van der Waals surface area contributed by atoms with Gasteiger partial charge in [0.25, 0.3) is 11.8 Å². The van der Waals surface area contributed by atoms with Crippen LogP contribution in [0.25, 0.3) is 0 Å². The van der Waals surface area contributed by atoms with Crippen molar-refractivity contribution in [3.8, 4) is 5.75 Å². The van der Waals surface area contributed by atoms with Crippen molar-refractivity contribution in [2.75, 3.05) is 17.2 Å². The molecule has 0 unspecified atom stereocenters. The Hall–Kier alpha value is -3.60. The molecule has 2 amide bonds. The number of carbonyl (C=O) groups excluding carboxylic acids is 2. The lowest BCUT2D eigenvalue weighted by Crippen LogP contribution is -2.21. The maximum Gasteiger partial charge on any atom is 0.262 e. The van der Waals surface area contributed by atoms with E-state index in [1.165, 1.54) is 0 Å². The lowest BCUT2D eigenvalue weighted by Gasteiger charge is -2.12. The molecule has 0 saturated heterocycles. The van der Waals surface area contributed by atoms with Gasteiger partial charge in [-0.1, -0.05) is 36.4 Å². The fraction of sp³-hybridized carbons (Fsp3) is 0.130. The van der Waals surface area contributed by atoms with Crippen LogP contribution in [-0.2, 0) is 4.79 Å². The molecule has 3 aromatic carbocycles. The first-order valence-electron chi connectivity index (χ1n) is 8.97. The molecule has 0 aliphatic carbocycles. The van der Waals surface area contributed by atoms with Gasteiger partial charge in [0.2, 0.25) is 0 Å². The monoisotopic (exact) mass is 374 g/mol. The minimum atomic E-state index is -0.295. The van der Waals surface area contributed by atoms with Crippen LogP contribution in [0.4, 0.5) is 11.4 Å². The molecule has 0 bridgehead atoms. The number of anilines is 2. The average molecular weight is 374 g/mol. The van der Waals surface area contributed by atoms with Crippen molar-refractivity contribution >= 4 is 23.2 Å². The van der Waals surface area contributed by atoms with E-state index in [-0.39, 0.29) is 18.4 Å². The van der Waals surface area contributed by atoms with Crippen LogP contribution in [-0.4, -0.2) is 18.4 Å². The quantitative estimate of drug-likeness (QED) is 0.664. The SMILES string of the molecule is Cc1cc(C)cc(NC(=O)COc2ccccc2C(=O)Nc2ccccc2)c1. The number of benzene rings is 3. The Kier molecular flexibility index (Phi) is 6.07. The summed E-state index contributed by atoms with van der Waals surface area (Å²) in [6.45, 7) is 3.75. The zero-order valence-electron chi connectivity index (χ0n) is 15.9. The highest BCUT2D eigenvalue weighted by Crippen LogP contribution is 2.20. The second-order valence-electron chi connectivity index (χ2n) is 6.53. The van der Waals surface area contributed by atoms with Crippen molar-refractivity contribution in [1.29, 1.82) is 0 Å². The van der Waals surface area contributed by atoms with Crippen LogP contribution in [0.1, 0.15) is 21.5 Å². The normalized spacial score (nSPS) is 10.2. The van der Waals surface area contributed by atoms with Gasteiger partial charge in [0.15, 0.2) is 6.61 Å². The van der Waals surface area contributed by atoms with E-state index in [1.54, 1.807) is 36.4 Å². The first kappa shape index (κ1) is 19.2. The Bertz CT molecular complexity index is 964. The molecule has 0 saturated carbocycles. The lowest BCUT2D eigenvalue weighted by atomic mass is 10.1. The molecule has 3 aromatic rings. The Balaban J connectivity index is 1.64. The highest BCUT2D eigenvalue weighted by Gasteiger charge is 2.14. The number of para-hydroxylation sites is 2. The first-order chi connectivity index (χ1) is 13.5. The van der Waals surface area contributed by atoms with Crippen LogP contribution in [0.3, 0.4) is 0 Å². The van der Waals surface area contributed by atoms with Crippen LogP contribution >= 0.6 is 0 Å². The van der Waals surface area contributed by atoms with Crippen LogP contribution in [0.15, 0.2) is 72.8 Å². The van der Waals surface area contributed by atoms with Crippen LogP contribution < -0.4 is 15.4 Å². The number of nitrogens with one attached hydrogen (secondary N) is 2. The molecule has 3 rings (SSSR count). The minimum absolute atomic E-state index is 0.192. The van der Waals surface area contributed by atoms with E-state index >= 15 is 0 Å². The zero-order chi connectivity index (χ0) is 19.9. The van der Waals surface area contributed by atoms with Gasteiger partial charge in [-0.3, -0.25) is 9.59 Å². The second kappa shape index (κ2) is 8.86. The number of rotatable bonds is 6. The molecule has 0 aromatic heterocycles. The summed E-state index contributed by atoms with van der Waals surface area (Å²) < 4.78 is 5.62. The number of carbonyl (C=O) groups is 2. The van der Waals surface area contributed by atoms with E-state index in [0.29, 0.717) is 17.0 Å². The predicted molar refractivity (Wildman–Crippen MR) is 111 cm³/mol.